The topological polar surface area (TPSA) is 59.0 Å². The highest BCUT2D eigenvalue weighted by Crippen LogP contribution is 2.27. The summed E-state index contributed by atoms with van der Waals surface area (Å²) in [7, 11) is 0. The Kier molecular flexibility index (Phi) is 6.26. The first kappa shape index (κ1) is 21.2. The van der Waals surface area contributed by atoms with E-state index in [4.69, 9.17) is 0 Å². The number of rotatable bonds is 6. The molecule has 1 amide bonds. The van der Waals surface area contributed by atoms with Crippen molar-refractivity contribution in [2.75, 3.05) is 0 Å². The number of hydrogen-bond donors (Lipinski definition) is 0. The summed E-state index contributed by atoms with van der Waals surface area (Å²) in [6.45, 7) is 1.89. The average Bonchev–Trinajstić information content (AvgIpc) is 2.83. The number of amides is 1. The molecule has 160 valence electrons. The van der Waals surface area contributed by atoms with Gasteiger partial charge in [0, 0.05) is 35.9 Å². The molecule has 0 aliphatic rings. The zero-order valence-corrected chi connectivity index (χ0v) is 17.3. The van der Waals surface area contributed by atoms with Crippen LogP contribution in [0.25, 0.3) is 11.1 Å². The minimum absolute atomic E-state index is 0.141. The van der Waals surface area contributed by atoms with E-state index in [1.807, 2.05) is 24.3 Å². The average molecular weight is 430 g/mol. The molecule has 1 aromatic carbocycles. The highest BCUT2D eigenvalue weighted by Gasteiger charge is 2.25. The van der Waals surface area contributed by atoms with Crippen molar-refractivity contribution in [2.24, 2.45) is 0 Å². The summed E-state index contributed by atoms with van der Waals surface area (Å²) >= 11 is 0. The molecule has 0 fully saturated rings. The van der Waals surface area contributed by atoms with Crippen LogP contribution in [-0.4, -0.2) is 25.8 Å². The molecule has 0 aliphatic heterocycles. The Hall–Kier alpha value is -4.00. The van der Waals surface area contributed by atoms with Gasteiger partial charge in [-0.25, -0.2) is 9.37 Å². The first-order chi connectivity index (χ1) is 15.5. The van der Waals surface area contributed by atoms with Crippen molar-refractivity contribution in [1.29, 1.82) is 0 Å². The van der Waals surface area contributed by atoms with Crippen LogP contribution in [0.4, 0.5) is 8.78 Å². The van der Waals surface area contributed by atoms with Gasteiger partial charge in [-0.3, -0.25) is 14.8 Å². The zero-order valence-electron chi connectivity index (χ0n) is 17.3. The van der Waals surface area contributed by atoms with Crippen LogP contribution in [0.2, 0.25) is 0 Å². The van der Waals surface area contributed by atoms with Crippen LogP contribution in [-0.2, 0) is 6.54 Å². The predicted molar refractivity (Wildman–Crippen MR) is 116 cm³/mol. The number of nitrogens with zero attached hydrogens (tertiary/aromatic N) is 4. The number of aromatic nitrogens is 3. The van der Waals surface area contributed by atoms with Gasteiger partial charge >= 0.3 is 0 Å². The second kappa shape index (κ2) is 9.43. The Labute approximate surface area is 184 Å². The third kappa shape index (κ3) is 4.67. The fourth-order valence-corrected chi connectivity index (χ4v) is 3.44. The molecule has 0 saturated carbocycles. The number of halogens is 2. The quantitative estimate of drug-likeness (QED) is 0.394. The van der Waals surface area contributed by atoms with Crippen molar-refractivity contribution in [3.05, 3.63) is 114 Å². The summed E-state index contributed by atoms with van der Waals surface area (Å²) in [5.41, 5.74) is 3.12. The lowest BCUT2D eigenvalue weighted by molar-refractivity contribution is 0.0668. The van der Waals surface area contributed by atoms with Crippen molar-refractivity contribution >= 4 is 5.91 Å². The van der Waals surface area contributed by atoms with Crippen molar-refractivity contribution < 1.29 is 13.6 Å². The SMILES string of the molecule is C[C@H](c1ccccc1F)N(Cc1ccc(-c2ccncc2)cn1)C(=O)c1ccc(F)nc1. The van der Waals surface area contributed by atoms with Gasteiger partial charge in [-0.2, -0.15) is 4.39 Å². The fourth-order valence-electron chi connectivity index (χ4n) is 3.44. The second-order valence-electron chi connectivity index (χ2n) is 7.27. The molecule has 0 aliphatic carbocycles. The Morgan fingerprint density at radius 2 is 1.69 bits per heavy atom. The first-order valence-corrected chi connectivity index (χ1v) is 10.0. The minimum atomic E-state index is -0.677. The highest BCUT2D eigenvalue weighted by molar-refractivity contribution is 5.94. The molecule has 3 heterocycles. The van der Waals surface area contributed by atoms with E-state index in [0.717, 1.165) is 17.2 Å². The Bertz CT molecular complexity index is 1200. The predicted octanol–water partition coefficient (Wildman–Crippen LogP) is 5.22. The number of benzene rings is 1. The number of hydrogen-bond acceptors (Lipinski definition) is 4. The fraction of sp³-hybridized carbons (Fsp3) is 0.120. The van der Waals surface area contributed by atoms with E-state index in [2.05, 4.69) is 15.0 Å². The summed E-state index contributed by atoms with van der Waals surface area (Å²) in [6.07, 6.45) is 6.31. The third-order valence-corrected chi connectivity index (χ3v) is 5.23. The van der Waals surface area contributed by atoms with Crippen molar-refractivity contribution in [2.45, 2.75) is 19.5 Å². The van der Waals surface area contributed by atoms with E-state index in [1.165, 1.54) is 23.2 Å². The monoisotopic (exact) mass is 430 g/mol. The normalized spacial score (nSPS) is 11.7. The van der Waals surface area contributed by atoms with E-state index in [-0.39, 0.29) is 12.1 Å². The van der Waals surface area contributed by atoms with Crippen LogP contribution in [0.5, 0.6) is 0 Å². The van der Waals surface area contributed by atoms with Gasteiger partial charge in [-0.1, -0.05) is 24.3 Å². The molecule has 0 saturated heterocycles. The van der Waals surface area contributed by atoms with Gasteiger partial charge in [0.25, 0.3) is 5.91 Å². The molecule has 0 bridgehead atoms. The molecule has 3 aromatic heterocycles. The Morgan fingerprint density at radius 3 is 2.34 bits per heavy atom. The molecule has 7 heteroatoms. The Balaban J connectivity index is 1.65. The summed E-state index contributed by atoms with van der Waals surface area (Å²) in [4.78, 5) is 26.9. The van der Waals surface area contributed by atoms with Gasteiger partial charge in [0.05, 0.1) is 23.8 Å². The molecule has 32 heavy (non-hydrogen) atoms. The lowest BCUT2D eigenvalue weighted by Crippen LogP contribution is -2.34. The molecule has 0 N–H and O–H groups in total. The summed E-state index contributed by atoms with van der Waals surface area (Å²) in [6, 6.07) is 15.7. The lowest BCUT2D eigenvalue weighted by atomic mass is 10.0. The summed E-state index contributed by atoms with van der Waals surface area (Å²) < 4.78 is 27.7. The molecule has 0 unspecified atom stereocenters. The van der Waals surface area contributed by atoms with E-state index in [1.54, 1.807) is 43.7 Å². The number of pyridine rings is 3. The molecular formula is C25H20F2N4O. The maximum atomic E-state index is 14.5. The van der Waals surface area contributed by atoms with Crippen LogP contribution < -0.4 is 0 Å². The molecule has 4 rings (SSSR count). The van der Waals surface area contributed by atoms with Gasteiger partial charge in [0.2, 0.25) is 5.95 Å². The van der Waals surface area contributed by atoms with Gasteiger partial charge in [-0.05, 0) is 48.9 Å². The van der Waals surface area contributed by atoms with Gasteiger partial charge in [0.1, 0.15) is 5.82 Å². The summed E-state index contributed by atoms with van der Waals surface area (Å²) in [5.74, 6) is -1.48. The summed E-state index contributed by atoms with van der Waals surface area (Å²) in [5, 5.41) is 0. The number of carbonyl (C=O) groups excluding carboxylic acids is 1. The van der Waals surface area contributed by atoms with Crippen LogP contribution in [0.3, 0.4) is 0 Å². The molecule has 0 spiro atoms. The van der Waals surface area contributed by atoms with Crippen LogP contribution in [0.1, 0.15) is 34.6 Å². The maximum absolute atomic E-state index is 14.5. The highest BCUT2D eigenvalue weighted by atomic mass is 19.1. The van der Waals surface area contributed by atoms with Gasteiger partial charge in [0.15, 0.2) is 0 Å². The standard InChI is InChI=1S/C25H20F2N4O/c1-17(22-4-2-3-5-23(22)26)31(25(32)20-7-9-24(27)30-15-20)16-21-8-6-19(14-29-21)18-10-12-28-13-11-18/h2-15,17H,16H2,1H3/t17-/m1/s1. The van der Waals surface area contributed by atoms with Crippen molar-refractivity contribution in [3.63, 3.8) is 0 Å². The van der Waals surface area contributed by atoms with Crippen LogP contribution in [0, 0.1) is 11.8 Å². The largest absolute Gasteiger partial charge is 0.326 e. The van der Waals surface area contributed by atoms with Crippen molar-refractivity contribution in [1.82, 2.24) is 19.9 Å². The van der Waals surface area contributed by atoms with Crippen LogP contribution in [0.15, 0.2) is 85.5 Å². The van der Waals surface area contributed by atoms with E-state index < -0.39 is 23.7 Å². The minimum Gasteiger partial charge on any atom is -0.326 e. The smallest absolute Gasteiger partial charge is 0.256 e. The zero-order chi connectivity index (χ0) is 22.5. The second-order valence-corrected chi connectivity index (χ2v) is 7.27. The lowest BCUT2D eigenvalue weighted by Gasteiger charge is -2.30. The van der Waals surface area contributed by atoms with E-state index >= 15 is 0 Å². The van der Waals surface area contributed by atoms with Crippen LogP contribution >= 0.6 is 0 Å². The van der Waals surface area contributed by atoms with Crippen molar-refractivity contribution in [3.8, 4) is 11.1 Å². The number of carbonyl (C=O) groups is 1. The van der Waals surface area contributed by atoms with E-state index in [9.17, 15) is 13.6 Å². The van der Waals surface area contributed by atoms with Gasteiger partial charge in [-0.15, -0.1) is 0 Å². The Morgan fingerprint density at radius 1 is 0.906 bits per heavy atom. The third-order valence-electron chi connectivity index (χ3n) is 5.23. The maximum Gasteiger partial charge on any atom is 0.256 e. The van der Waals surface area contributed by atoms with E-state index in [0.29, 0.717) is 11.3 Å². The molecule has 4 aromatic rings. The molecule has 5 nitrogen and oxygen atoms in total. The van der Waals surface area contributed by atoms with Gasteiger partial charge < -0.3 is 4.90 Å². The first-order valence-electron chi connectivity index (χ1n) is 10.0. The molecule has 0 radical (unpaired) electrons. The molecule has 1 atom stereocenters. The molecular weight excluding hydrogens is 410 g/mol.